The van der Waals surface area contributed by atoms with Gasteiger partial charge in [0.05, 0.1) is 7.11 Å². The zero-order valence-electron chi connectivity index (χ0n) is 15.8. The molecule has 0 saturated carbocycles. The summed E-state index contributed by atoms with van der Waals surface area (Å²) < 4.78 is 4.75. The molecule has 2 rings (SSSR count). The van der Waals surface area contributed by atoms with Crippen molar-refractivity contribution in [2.45, 2.75) is 43.9 Å². The van der Waals surface area contributed by atoms with Crippen molar-refractivity contribution in [3.05, 3.63) is 42.5 Å². The lowest BCUT2D eigenvalue weighted by atomic mass is 10.1. The number of nitrogens with zero attached hydrogens (tertiary/aromatic N) is 1. The van der Waals surface area contributed by atoms with Gasteiger partial charge in [0.1, 0.15) is 23.9 Å². The summed E-state index contributed by atoms with van der Waals surface area (Å²) in [5.41, 5.74) is 0.664. The standard InChI is InChI=1S/C20H26N2O6/c1-3-5-15(19(26)22-11-4-6-16(22)20(27)28-2)21-18(25)17(24)12-13-7-9-14(23)10-8-13/h3,7-10,15-17,23-24H,1,4-6,11-12H2,2H3,(H,21,25). The van der Waals surface area contributed by atoms with E-state index in [2.05, 4.69) is 11.9 Å². The molecule has 3 N–H and O–H groups in total. The number of aliphatic hydroxyl groups is 1. The van der Waals surface area contributed by atoms with Gasteiger partial charge in [-0.2, -0.15) is 0 Å². The first kappa shape index (κ1) is 21.4. The van der Waals surface area contributed by atoms with Crippen molar-refractivity contribution >= 4 is 17.8 Å². The summed E-state index contributed by atoms with van der Waals surface area (Å²) in [6, 6.07) is 4.54. The maximum atomic E-state index is 12.9. The maximum Gasteiger partial charge on any atom is 0.328 e. The molecule has 1 fully saturated rings. The van der Waals surface area contributed by atoms with E-state index in [0.29, 0.717) is 24.9 Å². The Balaban J connectivity index is 2.03. The molecule has 3 unspecified atom stereocenters. The smallest absolute Gasteiger partial charge is 0.328 e. The highest BCUT2D eigenvalue weighted by atomic mass is 16.5. The zero-order valence-corrected chi connectivity index (χ0v) is 15.8. The molecule has 1 aromatic rings. The van der Waals surface area contributed by atoms with E-state index in [1.165, 1.54) is 30.2 Å². The van der Waals surface area contributed by atoms with Gasteiger partial charge in [0, 0.05) is 13.0 Å². The predicted octanol–water partition coefficient (Wildman–Crippen LogP) is 0.520. The van der Waals surface area contributed by atoms with Gasteiger partial charge in [0.2, 0.25) is 11.8 Å². The number of carbonyl (C=O) groups excluding carboxylic acids is 3. The molecule has 1 saturated heterocycles. The van der Waals surface area contributed by atoms with E-state index >= 15 is 0 Å². The average molecular weight is 390 g/mol. The van der Waals surface area contributed by atoms with Crippen LogP contribution in [0.1, 0.15) is 24.8 Å². The summed E-state index contributed by atoms with van der Waals surface area (Å²) in [7, 11) is 1.27. The minimum absolute atomic E-state index is 0.0373. The van der Waals surface area contributed by atoms with E-state index in [1.807, 2.05) is 0 Å². The number of hydrogen-bond donors (Lipinski definition) is 3. The minimum Gasteiger partial charge on any atom is -0.508 e. The van der Waals surface area contributed by atoms with Crippen LogP contribution < -0.4 is 5.32 Å². The van der Waals surface area contributed by atoms with Crippen LogP contribution in [0.4, 0.5) is 0 Å². The van der Waals surface area contributed by atoms with E-state index in [0.717, 1.165) is 0 Å². The highest BCUT2D eigenvalue weighted by Crippen LogP contribution is 2.20. The molecule has 8 nitrogen and oxygen atoms in total. The molecule has 0 spiro atoms. The first-order valence-electron chi connectivity index (χ1n) is 9.13. The molecule has 0 aromatic heterocycles. The molecule has 0 radical (unpaired) electrons. The number of methoxy groups -OCH3 is 1. The van der Waals surface area contributed by atoms with Crippen LogP contribution in [-0.4, -0.2) is 64.7 Å². The Morgan fingerprint density at radius 2 is 2.04 bits per heavy atom. The minimum atomic E-state index is -1.36. The summed E-state index contributed by atoms with van der Waals surface area (Å²) in [4.78, 5) is 38.5. The number of amides is 2. The van der Waals surface area contributed by atoms with E-state index in [9.17, 15) is 24.6 Å². The van der Waals surface area contributed by atoms with Crippen LogP contribution in [0.5, 0.6) is 5.75 Å². The number of benzene rings is 1. The molecule has 0 bridgehead atoms. The third-order valence-electron chi connectivity index (χ3n) is 4.69. The predicted molar refractivity (Wildman–Crippen MR) is 101 cm³/mol. The Morgan fingerprint density at radius 1 is 1.36 bits per heavy atom. The largest absolute Gasteiger partial charge is 0.508 e. The molecule has 1 heterocycles. The van der Waals surface area contributed by atoms with Gasteiger partial charge in [-0.25, -0.2) is 4.79 Å². The second-order valence-electron chi connectivity index (χ2n) is 6.68. The number of ether oxygens (including phenoxy) is 1. The first-order chi connectivity index (χ1) is 13.4. The van der Waals surface area contributed by atoms with Crippen LogP contribution in [0.15, 0.2) is 36.9 Å². The molecule has 8 heteroatoms. The number of aromatic hydroxyl groups is 1. The van der Waals surface area contributed by atoms with Crippen molar-refractivity contribution in [2.24, 2.45) is 0 Å². The SMILES string of the molecule is C=CCC(NC(=O)C(O)Cc1ccc(O)cc1)C(=O)N1CCCC1C(=O)OC. The number of aliphatic hydroxyl groups excluding tert-OH is 1. The topological polar surface area (TPSA) is 116 Å². The lowest BCUT2D eigenvalue weighted by Gasteiger charge is -2.28. The summed E-state index contributed by atoms with van der Waals surface area (Å²) in [5.74, 6) is -1.49. The summed E-state index contributed by atoms with van der Waals surface area (Å²) >= 11 is 0. The van der Waals surface area contributed by atoms with Gasteiger partial charge < -0.3 is 25.2 Å². The molecule has 152 valence electrons. The van der Waals surface area contributed by atoms with Crippen LogP contribution >= 0.6 is 0 Å². The van der Waals surface area contributed by atoms with Crippen molar-refractivity contribution in [1.29, 1.82) is 0 Å². The van der Waals surface area contributed by atoms with E-state index in [4.69, 9.17) is 4.74 Å². The lowest BCUT2D eigenvalue weighted by Crippen LogP contribution is -2.53. The van der Waals surface area contributed by atoms with Gasteiger partial charge in [-0.15, -0.1) is 6.58 Å². The van der Waals surface area contributed by atoms with Crippen molar-refractivity contribution in [3.8, 4) is 5.75 Å². The van der Waals surface area contributed by atoms with Gasteiger partial charge in [-0.1, -0.05) is 18.2 Å². The fraction of sp³-hybridized carbons (Fsp3) is 0.450. The zero-order chi connectivity index (χ0) is 20.7. The summed E-state index contributed by atoms with van der Waals surface area (Å²) in [5, 5.41) is 22.0. The van der Waals surface area contributed by atoms with Crippen LogP contribution in [0.3, 0.4) is 0 Å². The summed E-state index contributed by atoms with van der Waals surface area (Å²) in [6.07, 6.45) is 1.52. The third kappa shape index (κ3) is 5.32. The molecular weight excluding hydrogens is 364 g/mol. The second kappa shape index (κ2) is 9.89. The lowest BCUT2D eigenvalue weighted by molar-refractivity contribution is -0.152. The number of likely N-dealkylation sites (tertiary alicyclic amines) is 1. The maximum absolute atomic E-state index is 12.9. The molecule has 28 heavy (non-hydrogen) atoms. The van der Waals surface area contributed by atoms with E-state index in [-0.39, 0.29) is 18.6 Å². The molecule has 3 atom stereocenters. The normalized spacial score (nSPS) is 18.2. The molecular formula is C20H26N2O6. The number of rotatable bonds is 8. The van der Waals surface area contributed by atoms with E-state index < -0.39 is 36.0 Å². The average Bonchev–Trinajstić information content (AvgIpc) is 3.17. The molecule has 1 aliphatic heterocycles. The Hall–Kier alpha value is -2.87. The Labute approximate surface area is 163 Å². The number of esters is 1. The summed E-state index contributed by atoms with van der Waals surface area (Å²) in [6.45, 7) is 4.01. The monoisotopic (exact) mass is 390 g/mol. The van der Waals surface area contributed by atoms with Gasteiger partial charge >= 0.3 is 5.97 Å². The fourth-order valence-corrected chi connectivity index (χ4v) is 3.22. The molecule has 0 aliphatic carbocycles. The van der Waals surface area contributed by atoms with Crippen molar-refractivity contribution in [1.82, 2.24) is 10.2 Å². The van der Waals surface area contributed by atoms with Crippen LogP contribution in [0, 0.1) is 0 Å². The van der Waals surface area contributed by atoms with Crippen LogP contribution in [0.2, 0.25) is 0 Å². The Kier molecular flexibility index (Phi) is 7.57. The highest BCUT2D eigenvalue weighted by molar-refractivity contribution is 5.92. The Morgan fingerprint density at radius 3 is 2.64 bits per heavy atom. The molecule has 1 aliphatic rings. The van der Waals surface area contributed by atoms with Gasteiger partial charge in [0.25, 0.3) is 0 Å². The van der Waals surface area contributed by atoms with Gasteiger partial charge in [-0.3, -0.25) is 9.59 Å². The number of phenolic OH excluding ortho intramolecular Hbond substituents is 1. The number of phenols is 1. The van der Waals surface area contributed by atoms with Gasteiger partial charge in [-0.05, 0) is 37.0 Å². The van der Waals surface area contributed by atoms with Crippen molar-refractivity contribution < 1.29 is 29.3 Å². The number of hydrogen-bond acceptors (Lipinski definition) is 6. The first-order valence-corrected chi connectivity index (χ1v) is 9.13. The van der Waals surface area contributed by atoms with Crippen molar-refractivity contribution in [3.63, 3.8) is 0 Å². The quantitative estimate of drug-likeness (QED) is 0.440. The number of nitrogens with one attached hydrogen (secondary N) is 1. The molecule has 1 aromatic carbocycles. The van der Waals surface area contributed by atoms with Gasteiger partial charge in [0.15, 0.2) is 0 Å². The molecule has 2 amide bonds. The van der Waals surface area contributed by atoms with E-state index in [1.54, 1.807) is 12.1 Å². The second-order valence-corrected chi connectivity index (χ2v) is 6.68. The Bertz CT molecular complexity index is 718. The third-order valence-corrected chi connectivity index (χ3v) is 4.69. The van der Waals surface area contributed by atoms with Crippen LogP contribution in [0.25, 0.3) is 0 Å². The number of carbonyl (C=O) groups is 3. The highest BCUT2D eigenvalue weighted by Gasteiger charge is 2.38. The van der Waals surface area contributed by atoms with Crippen LogP contribution in [-0.2, 0) is 25.5 Å². The van der Waals surface area contributed by atoms with Crippen molar-refractivity contribution in [2.75, 3.05) is 13.7 Å². The fourth-order valence-electron chi connectivity index (χ4n) is 3.22.